The summed E-state index contributed by atoms with van der Waals surface area (Å²) in [6.07, 6.45) is 3.55. The number of nitrogens with zero attached hydrogens (tertiary/aromatic N) is 4. The van der Waals surface area contributed by atoms with Crippen LogP contribution in [0.5, 0.6) is 0 Å². The maximum Gasteiger partial charge on any atom is 0.136 e. The summed E-state index contributed by atoms with van der Waals surface area (Å²) < 4.78 is 0. The van der Waals surface area contributed by atoms with E-state index in [1.54, 1.807) is 12.3 Å². The first-order chi connectivity index (χ1) is 11.7. The normalized spacial score (nSPS) is 10.0. The third kappa shape index (κ3) is 3.84. The molecule has 2 aromatic heterocycles. The highest BCUT2D eigenvalue weighted by Crippen LogP contribution is 2.20. The van der Waals surface area contributed by atoms with Crippen LogP contribution in [-0.2, 0) is 6.54 Å². The van der Waals surface area contributed by atoms with E-state index in [-0.39, 0.29) is 0 Å². The molecule has 3 aromatic rings. The molecule has 0 saturated heterocycles. The first-order valence-corrected chi connectivity index (χ1v) is 7.49. The van der Waals surface area contributed by atoms with E-state index in [4.69, 9.17) is 0 Å². The molecule has 0 aliphatic heterocycles. The minimum Gasteiger partial charge on any atom is -0.366 e. The van der Waals surface area contributed by atoms with Crippen LogP contribution in [0.4, 0.5) is 17.3 Å². The van der Waals surface area contributed by atoms with Crippen LogP contribution in [0.1, 0.15) is 17.0 Å². The number of hydrogen-bond acceptors (Lipinski definition) is 6. The molecule has 6 nitrogen and oxygen atoms in total. The van der Waals surface area contributed by atoms with Gasteiger partial charge in [-0.2, -0.15) is 5.26 Å². The number of nitrogens with one attached hydrogen (secondary N) is 2. The van der Waals surface area contributed by atoms with E-state index in [1.807, 2.05) is 49.5 Å². The van der Waals surface area contributed by atoms with Gasteiger partial charge in [0.1, 0.15) is 23.5 Å². The number of rotatable bonds is 5. The van der Waals surface area contributed by atoms with Crippen molar-refractivity contribution in [2.75, 3.05) is 10.6 Å². The summed E-state index contributed by atoms with van der Waals surface area (Å²) in [4.78, 5) is 12.9. The molecule has 0 bridgehead atoms. The average Bonchev–Trinajstić information content (AvgIpc) is 2.61. The Kier molecular flexibility index (Phi) is 4.63. The van der Waals surface area contributed by atoms with Gasteiger partial charge in [0.2, 0.25) is 0 Å². The Balaban J connectivity index is 1.78. The van der Waals surface area contributed by atoms with E-state index in [0.29, 0.717) is 29.6 Å². The predicted molar refractivity (Wildman–Crippen MR) is 92.8 cm³/mol. The van der Waals surface area contributed by atoms with Crippen molar-refractivity contribution in [1.29, 1.82) is 5.26 Å². The molecule has 0 atom stereocenters. The fraction of sp³-hybridized carbons (Fsp3) is 0.111. The van der Waals surface area contributed by atoms with Gasteiger partial charge in [-0.15, -0.1) is 0 Å². The van der Waals surface area contributed by atoms with Gasteiger partial charge in [0.25, 0.3) is 0 Å². The molecule has 6 heteroatoms. The number of nitriles is 1. The Bertz CT molecular complexity index is 870. The van der Waals surface area contributed by atoms with Gasteiger partial charge in [-0.1, -0.05) is 18.2 Å². The fourth-order valence-corrected chi connectivity index (χ4v) is 2.25. The van der Waals surface area contributed by atoms with Crippen molar-refractivity contribution in [3.63, 3.8) is 0 Å². The molecule has 0 fully saturated rings. The molecule has 3 rings (SSSR count). The van der Waals surface area contributed by atoms with Crippen LogP contribution < -0.4 is 10.6 Å². The summed E-state index contributed by atoms with van der Waals surface area (Å²) in [6, 6.07) is 15.2. The third-order valence-corrected chi connectivity index (χ3v) is 3.34. The van der Waals surface area contributed by atoms with Gasteiger partial charge < -0.3 is 10.6 Å². The number of benzene rings is 1. The van der Waals surface area contributed by atoms with Gasteiger partial charge in [-0.25, -0.2) is 9.97 Å². The van der Waals surface area contributed by atoms with E-state index in [9.17, 15) is 5.26 Å². The van der Waals surface area contributed by atoms with E-state index >= 15 is 0 Å². The lowest BCUT2D eigenvalue weighted by Crippen LogP contribution is -2.05. The molecule has 2 heterocycles. The molecule has 0 unspecified atom stereocenters. The molecule has 0 amide bonds. The number of anilines is 3. The summed E-state index contributed by atoms with van der Waals surface area (Å²) in [6.45, 7) is 2.45. The highest BCUT2D eigenvalue weighted by Gasteiger charge is 2.05. The molecule has 0 spiro atoms. The van der Waals surface area contributed by atoms with Crippen molar-refractivity contribution >= 4 is 17.3 Å². The van der Waals surface area contributed by atoms with E-state index in [1.165, 1.54) is 0 Å². The summed E-state index contributed by atoms with van der Waals surface area (Å²) in [5, 5.41) is 15.6. The van der Waals surface area contributed by atoms with E-state index in [2.05, 4.69) is 31.7 Å². The monoisotopic (exact) mass is 316 g/mol. The zero-order valence-electron chi connectivity index (χ0n) is 13.2. The second-order valence-electron chi connectivity index (χ2n) is 5.18. The Labute approximate surface area is 140 Å². The van der Waals surface area contributed by atoms with Crippen molar-refractivity contribution in [2.24, 2.45) is 0 Å². The lowest BCUT2D eigenvalue weighted by Gasteiger charge is -2.11. The van der Waals surface area contributed by atoms with Gasteiger partial charge in [0.15, 0.2) is 0 Å². The molecular formula is C18H16N6. The summed E-state index contributed by atoms with van der Waals surface area (Å²) >= 11 is 0. The number of pyridine rings is 1. The van der Waals surface area contributed by atoms with Crippen LogP contribution in [0.25, 0.3) is 0 Å². The highest BCUT2D eigenvalue weighted by molar-refractivity contribution is 5.65. The molecule has 0 aliphatic rings. The van der Waals surface area contributed by atoms with Crippen molar-refractivity contribution in [2.45, 2.75) is 13.5 Å². The van der Waals surface area contributed by atoms with Crippen molar-refractivity contribution < 1.29 is 0 Å². The Hall–Kier alpha value is -3.46. The van der Waals surface area contributed by atoms with Crippen molar-refractivity contribution in [1.82, 2.24) is 15.0 Å². The van der Waals surface area contributed by atoms with Gasteiger partial charge in [0, 0.05) is 25.0 Å². The highest BCUT2D eigenvalue weighted by atomic mass is 15.1. The van der Waals surface area contributed by atoms with Crippen LogP contribution in [0.3, 0.4) is 0 Å². The number of aryl methyl sites for hydroxylation is 1. The largest absolute Gasteiger partial charge is 0.366 e. The smallest absolute Gasteiger partial charge is 0.136 e. The summed E-state index contributed by atoms with van der Waals surface area (Å²) in [5.74, 6) is 1.99. The van der Waals surface area contributed by atoms with Crippen molar-refractivity contribution in [3.8, 4) is 6.07 Å². The van der Waals surface area contributed by atoms with Crippen molar-refractivity contribution in [3.05, 3.63) is 71.8 Å². The first kappa shape index (κ1) is 15.4. The summed E-state index contributed by atoms with van der Waals surface area (Å²) in [5.41, 5.74) is 2.35. The predicted octanol–water partition coefficient (Wildman–Crippen LogP) is 3.41. The molecule has 1 aromatic carbocycles. The Morgan fingerprint density at radius 2 is 1.92 bits per heavy atom. The number of para-hydroxylation sites is 1. The van der Waals surface area contributed by atoms with Crippen LogP contribution in [-0.4, -0.2) is 15.0 Å². The standard InChI is InChI=1S/C18H16N6/c1-13-22-17(21-12-14-5-4-8-20-11-14)9-18(23-13)24-16-7-3-2-6-15(16)10-19/h2-9,11H,12H2,1H3,(H2,21,22,23,24). The number of aromatic nitrogens is 3. The fourth-order valence-electron chi connectivity index (χ4n) is 2.25. The van der Waals surface area contributed by atoms with Crippen LogP contribution in [0.15, 0.2) is 54.9 Å². The average molecular weight is 316 g/mol. The molecule has 2 N–H and O–H groups in total. The van der Waals surface area contributed by atoms with Gasteiger partial charge >= 0.3 is 0 Å². The lowest BCUT2D eigenvalue weighted by molar-refractivity contribution is 1.02. The van der Waals surface area contributed by atoms with Gasteiger partial charge in [-0.05, 0) is 30.7 Å². The Morgan fingerprint density at radius 3 is 2.71 bits per heavy atom. The molecule has 24 heavy (non-hydrogen) atoms. The minimum atomic E-state index is 0.568. The van der Waals surface area contributed by atoms with E-state index in [0.717, 1.165) is 11.3 Å². The van der Waals surface area contributed by atoms with Crippen LogP contribution in [0.2, 0.25) is 0 Å². The molecule has 0 radical (unpaired) electrons. The second-order valence-corrected chi connectivity index (χ2v) is 5.18. The molecule has 0 aliphatic carbocycles. The third-order valence-electron chi connectivity index (χ3n) is 3.34. The Morgan fingerprint density at radius 1 is 1.08 bits per heavy atom. The van der Waals surface area contributed by atoms with Gasteiger partial charge in [-0.3, -0.25) is 4.98 Å². The quantitative estimate of drug-likeness (QED) is 0.750. The zero-order valence-corrected chi connectivity index (χ0v) is 13.2. The van der Waals surface area contributed by atoms with E-state index < -0.39 is 0 Å². The van der Waals surface area contributed by atoms with Crippen LogP contribution in [0, 0.1) is 18.3 Å². The maximum absolute atomic E-state index is 9.17. The molecule has 118 valence electrons. The SMILES string of the molecule is Cc1nc(NCc2cccnc2)cc(Nc2ccccc2C#N)n1. The topological polar surface area (TPSA) is 86.5 Å². The van der Waals surface area contributed by atoms with Gasteiger partial charge in [0.05, 0.1) is 11.3 Å². The lowest BCUT2D eigenvalue weighted by atomic mass is 10.2. The molecule has 0 saturated carbocycles. The zero-order chi connectivity index (χ0) is 16.8. The maximum atomic E-state index is 9.17. The second kappa shape index (κ2) is 7.20. The number of hydrogen-bond donors (Lipinski definition) is 2. The summed E-state index contributed by atoms with van der Waals surface area (Å²) in [7, 11) is 0. The minimum absolute atomic E-state index is 0.568. The molecular weight excluding hydrogens is 300 g/mol. The van der Waals surface area contributed by atoms with Crippen LogP contribution >= 0.6 is 0 Å². The first-order valence-electron chi connectivity index (χ1n) is 7.49.